The number of carbonyl (C=O) groups excluding carboxylic acids is 1. The molecule has 0 aliphatic carbocycles. The number of fused-ring (bicyclic) bond motifs is 1. The van der Waals surface area contributed by atoms with Crippen molar-refractivity contribution in [1.82, 2.24) is 4.98 Å². The van der Waals surface area contributed by atoms with E-state index < -0.39 is 0 Å². The molecule has 4 rings (SSSR count). The summed E-state index contributed by atoms with van der Waals surface area (Å²) < 4.78 is 1.13. The van der Waals surface area contributed by atoms with Crippen LogP contribution in [0.3, 0.4) is 0 Å². The van der Waals surface area contributed by atoms with Crippen molar-refractivity contribution in [2.24, 2.45) is 0 Å². The number of hydrogen-bond acceptors (Lipinski definition) is 3. The highest BCUT2D eigenvalue weighted by atomic mass is 32.1. The van der Waals surface area contributed by atoms with Crippen LogP contribution in [0.5, 0.6) is 0 Å². The number of carbonyl (C=O) groups is 1. The number of benzene rings is 3. The van der Waals surface area contributed by atoms with Crippen molar-refractivity contribution in [3.8, 4) is 10.6 Å². The third-order valence-corrected chi connectivity index (χ3v) is 5.08. The van der Waals surface area contributed by atoms with E-state index >= 15 is 0 Å². The molecule has 0 amide bonds. The standard InChI is InChI=1S/C21H15NOS/c1-14-10-12-15(13-11-14)20(23)16-6-2-3-7-17(16)21-22-18-8-4-5-9-19(18)24-21/h2-13H,1H3. The van der Waals surface area contributed by atoms with Gasteiger partial charge in [0, 0.05) is 16.7 Å². The molecule has 0 radical (unpaired) electrons. The molecule has 1 heterocycles. The molecule has 0 fully saturated rings. The minimum absolute atomic E-state index is 0.0323. The van der Waals surface area contributed by atoms with E-state index in [1.807, 2.05) is 73.7 Å². The number of nitrogens with zero attached hydrogens (tertiary/aromatic N) is 1. The van der Waals surface area contributed by atoms with E-state index in [9.17, 15) is 4.79 Å². The van der Waals surface area contributed by atoms with E-state index in [4.69, 9.17) is 4.98 Å². The van der Waals surface area contributed by atoms with Crippen LogP contribution in [-0.2, 0) is 0 Å². The summed E-state index contributed by atoms with van der Waals surface area (Å²) in [4.78, 5) is 17.6. The lowest BCUT2D eigenvalue weighted by Crippen LogP contribution is -2.03. The number of para-hydroxylation sites is 1. The molecular formula is C21H15NOS. The van der Waals surface area contributed by atoms with Crippen molar-refractivity contribution in [3.05, 3.63) is 89.5 Å². The highest BCUT2D eigenvalue weighted by Crippen LogP contribution is 2.32. The number of aryl methyl sites for hydroxylation is 1. The number of thiazole rings is 1. The molecule has 0 spiro atoms. The fourth-order valence-corrected chi connectivity index (χ4v) is 3.72. The highest BCUT2D eigenvalue weighted by Gasteiger charge is 2.16. The van der Waals surface area contributed by atoms with Gasteiger partial charge in [0.05, 0.1) is 10.2 Å². The lowest BCUT2D eigenvalue weighted by atomic mass is 9.98. The SMILES string of the molecule is Cc1ccc(C(=O)c2ccccc2-c2nc3ccccc3s2)cc1. The van der Waals surface area contributed by atoms with Crippen molar-refractivity contribution in [1.29, 1.82) is 0 Å². The first-order valence-electron chi connectivity index (χ1n) is 7.79. The Morgan fingerprint density at radius 2 is 1.58 bits per heavy atom. The molecular weight excluding hydrogens is 314 g/mol. The largest absolute Gasteiger partial charge is 0.289 e. The third kappa shape index (κ3) is 2.63. The molecule has 116 valence electrons. The minimum Gasteiger partial charge on any atom is -0.289 e. The van der Waals surface area contributed by atoms with E-state index in [-0.39, 0.29) is 5.78 Å². The molecule has 0 unspecified atom stereocenters. The van der Waals surface area contributed by atoms with Gasteiger partial charge in [0.1, 0.15) is 5.01 Å². The normalized spacial score (nSPS) is 10.9. The van der Waals surface area contributed by atoms with Gasteiger partial charge in [-0.2, -0.15) is 0 Å². The van der Waals surface area contributed by atoms with Crippen molar-refractivity contribution in [2.75, 3.05) is 0 Å². The maximum absolute atomic E-state index is 12.9. The first kappa shape index (κ1) is 14.8. The summed E-state index contributed by atoms with van der Waals surface area (Å²) in [6, 6.07) is 23.4. The van der Waals surface area contributed by atoms with Gasteiger partial charge in [0.2, 0.25) is 0 Å². The lowest BCUT2D eigenvalue weighted by Gasteiger charge is -2.06. The predicted octanol–water partition coefficient (Wildman–Crippen LogP) is 5.50. The molecule has 0 aliphatic rings. The Morgan fingerprint density at radius 1 is 0.875 bits per heavy atom. The zero-order valence-corrected chi connectivity index (χ0v) is 14.0. The molecule has 2 nitrogen and oxygen atoms in total. The molecule has 0 N–H and O–H groups in total. The summed E-state index contributed by atoms with van der Waals surface area (Å²) in [5.41, 5.74) is 4.40. The van der Waals surface area contributed by atoms with Crippen LogP contribution in [0.4, 0.5) is 0 Å². The van der Waals surface area contributed by atoms with Crippen molar-refractivity contribution in [3.63, 3.8) is 0 Å². The second-order valence-electron chi connectivity index (χ2n) is 5.73. The van der Waals surface area contributed by atoms with Gasteiger partial charge in [-0.3, -0.25) is 4.79 Å². The Hall–Kier alpha value is -2.78. The Labute approximate surface area is 144 Å². The fraction of sp³-hybridized carbons (Fsp3) is 0.0476. The molecule has 4 aromatic rings. The first-order chi connectivity index (χ1) is 11.7. The average molecular weight is 329 g/mol. The molecule has 1 aromatic heterocycles. The van der Waals surface area contributed by atoms with Crippen LogP contribution in [0.2, 0.25) is 0 Å². The Morgan fingerprint density at radius 3 is 2.38 bits per heavy atom. The van der Waals surface area contributed by atoms with E-state index in [1.54, 1.807) is 11.3 Å². The van der Waals surface area contributed by atoms with Gasteiger partial charge in [0.25, 0.3) is 0 Å². The van der Waals surface area contributed by atoms with Crippen molar-refractivity contribution >= 4 is 27.3 Å². The van der Waals surface area contributed by atoms with Crippen molar-refractivity contribution < 1.29 is 4.79 Å². The van der Waals surface area contributed by atoms with Crippen LogP contribution in [0.1, 0.15) is 21.5 Å². The van der Waals surface area contributed by atoms with Crippen LogP contribution in [0.15, 0.2) is 72.8 Å². The number of aromatic nitrogens is 1. The summed E-state index contributed by atoms with van der Waals surface area (Å²) in [6.45, 7) is 2.02. The summed E-state index contributed by atoms with van der Waals surface area (Å²) in [5, 5.41) is 0.882. The second kappa shape index (κ2) is 6.02. The predicted molar refractivity (Wildman–Crippen MR) is 99.7 cm³/mol. The van der Waals surface area contributed by atoms with E-state index in [1.165, 1.54) is 0 Å². The van der Waals surface area contributed by atoms with E-state index in [2.05, 4.69) is 6.07 Å². The van der Waals surface area contributed by atoms with Crippen LogP contribution in [-0.4, -0.2) is 10.8 Å². The topological polar surface area (TPSA) is 30.0 Å². The summed E-state index contributed by atoms with van der Waals surface area (Å²) in [7, 11) is 0. The van der Waals surface area contributed by atoms with Gasteiger partial charge < -0.3 is 0 Å². The molecule has 0 bridgehead atoms. The summed E-state index contributed by atoms with van der Waals surface area (Å²) in [5.74, 6) is 0.0323. The molecule has 0 atom stereocenters. The smallest absolute Gasteiger partial charge is 0.193 e. The van der Waals surface area contributed by atoms with Crippen LogP contribution in [0, 0.1) is 6.92 Å². The third-order valence-electron chi connectivity index (χ3n) is 4.01. The second-order valence-corrected chi connectivity index (χ2v) is 6.76. The minimum atomic E-state index is 0.0323. The van der Waals surface area contributed by atoms with Crippen molar-refractivity contribution in [2.45, 2.75) is 6.92 Å². The molecule has 0 aliphatic heterocycles. The zero-order chi connectivity index (χ0) is 16.5. The number of ketones is 1. The van der Waals surface area contributed by atoms with Gasteiger partial charge in [0.15, 0.2) is 5.78 Å². The fourth-order valence-electron chi connectivity index (χ4n) is 2.72. The Kier molecular flexibility index (Phi) is 3.71. The van der Waals surface area contributed by atoms with Gasteiger partial charge in [-0.25, -0.2) is 4.98 Å². The van der Waals surface area contributed by atoms with Crippen LogP contribution >= 0.6 is 11.3 Å². The summed E-state index contributed by atoms with van der Waals surface area (Å²) >= 11 is 1.62. The maximum Gasteiger partial charge on any atom is 0.193 e. The quantitative estimate of drug-likeness (QED) is 0.464. The molecule has 24 heavy (non-hydrogen) atoms. The van der Waals surface area contributed by atoms with Gasteiger partial charge in [-0.1, -0.05) is 66.2 Å². The molecule has 0 saturated carbocycles. The number of hydrogen-bond donors (Lipinski definition) is 0. The van der Waals surface area contributed by atoms with Gasteiger partial charge in [-0.15, -0.1) is 11.3 Å². The molecule has 3 heteroatoms. The summed E-state index contributed by atoms with van der Waals surface area (Å²) in [6.07, 6.45) is 0. The molecule has 0 saturated heterocycles. The zero-order valence-electron chi connectivity index (χ0n) is 13.2. The molecule has 3 aromatic carbocycles. The highest BCUT2D eigenvalue weighted by molar-refractivity contribution is 7.21. The van der Waals surface area contributed by atoms with E-state index in [0.717, 1.165) is 26.4 Å². The Balaban J connectivity index is 1.83. The average Bonchev–Trinajstić information content (AvgIpc) is 3.06. The van der Waals surface area contributed by atoms with E-state index in [0.29, 0.717) is 11.1 Å². The van der Waals surface area contributed by atoms with Crippen LogP contribution < -0.4 is 0 Å². The number of rotatable bonds is 3. The van der Waals surface area contributed by atoms with Gasteiger partial charge >= 0.3 is 0 Å². The van der Waals surface area contributed by atoms with Crippen LogP contribution in [0.25, 0.3) is 20.8 Å². The first-order valence-corrected chi connectivity index (χ1v) is 8.60. The maximum atomic E-state index is 12.9. The monoisotopic (exact) mass is 329 g/mol. The lowest BCUT2D eigenvalue weighted by molar-refractivity contribution is 0.103. The Bertz CT molecular complexity index is 998. The van der Waals surface area contributed by atoms with Gasteiger partial charge in [-0.05, 0) is 19.1 Å².